The Morgan fingerprint density at radius 3 is 2.61 bits per heavy atom. The maximum absolute atomic E-state index is 10.9. The van der Waals surface area contributed by atoms with Crippen molar-refractivity contribution in [2.45, 2.75) is 37.9 Å². The summed E-state index contributed by atoms with van der Waals surface area (Å²) in [5, 5.41) is 11.8. The summed E-state index contributed by atoms with van der Waals surface area (Å²) in [6, 6.07) is 0. The molecule has 1 N–H and O–H groups in total. The third-order valence-corrected chi connectivity index (χ3v) is 5.34. The lowest BCUT2D eigenvalue weighted by Gasteiger charge is -2.37. The van der Waals surface area contributed by atoms with Gasteiger partial charge in [0, 0.05) is 64.0 Å². The van der Waals surface area contributed by atoms with Crippen LogP contribution in [0.5, 0.6) is 0 Å². The van der Waals surface area contributed by atoms with Crippen LogP contribution in [0.1, 0.15) is 38.3 Å². The normalized spacial score (nSPS) is 18.4. The molecule has 8 heteroatoms. The molecule has 3 rings (SSSR count). The number of methoxy groups -OCH3 is 1. The largest absolute Gasteiger partial charge is 0.382 e. The second kappa shape index (κ2) is 5.85. The molecule has 0 atom stereocenters. The van der Waals surface area contributed by atoms with Gasteiger partial charge in [-0.05, 0) is 13.8 Å². The Labute approximate surface area is 140 Å². The predicted molar refractivity (Wildman–Crippen MR) is 88.5 cm³/mol. The van der Waals surface area contributed by atoms with Crippen LogP contribution in [-0.4, -0.2) is 44.2 Å². The number of aliphatic hydroxyl groups is 1. The van der Waals surface area contributed by atoms with Gasteiger partial charge in [-0.1, -0.05) is 0 Å². The van der Waals surface area contributed by atoms with Gasteiger partial charge in [-0.15, -0.1) is 0 Å². The van der Waals surface area contributed by atoms with Crippen molar-refractivity contribution >= 4 is 16.7 Å². The lowest BCUT2D eigenvalue weighted by molar-refractivity contribution is 0.000550. The molecule has 0 aromatic carbocycles. The van der Waals surface area contributed by atoms with Gasteiger partial charge < -0.3 is 19.3 Å². The Bertz CT molecular complexity index is 673. The molecule has 1 saturated heterocycles. The Balaban J connectivity index is 1.71. The number of rotatable bonds is 4. The van der Waals surface area contributed by atoms with E-state index in [0.717, 1.165) is 24.0 Å². The summed E-state index contributed by atoms with van der Waals surface area (Å²) in [5.41, 5.74) is -1.35. The standard InChI is InChI=1S/C15H23N5O2S/c1-14(2,22-4)11-17-13(23-18-11)20-8-5-15(21,6-9-20)12-16-7-10-19(12)3/h7,10,21H,5-6,8-9H2,1-4H3. The van der Waals surface area contributed by atoms with Crippen LogP contribution in [-0.2, 0) is 23.0 Å². The summed E-state index contributed by atoms with van der Waals surface area (Å²) in [6.45, 7) is 5.36. The molecule has 1 aliphatic heterocycles. The average Bonchev–Trinajstić information content (AvgIpc) is 3.17. The highest BCUT2D eigenvalue weighted by Gasteiger charge is 2.38. The fraction of sp³-hybridized carbons (Fsp3) is 0.667. The third-order valence-electron chi connectivity index (χ3n) is 4.56. The van der Waals surface area contributed by atoms with Crippen molar-refractivity contribution in [3.63, 3.8) is 0 Å². The zero-order valence-electron chi connectivity index (χ0n) is 14.0. The van der Waals surface area contributed by atoms with E-state index in [1.807, 2.05) is 31.7 Å². The zero-order chi connectivity index (χ0) is 16.7. The van der Waals surface area contributed by atoms with Gasteiger partial charge in [-0.2, -0.15) is 4.37 Å². The molecule has 0 aliphatic carbocycles. The van der Waals surface area contributed by atoms with Crippen LogP contribution in [0.15, 0.2) is 12.4 Å². The molecule has 0 unspecified atom stereocenters. The summed E-state index contributed by atoms with van der Waals surface area (Å²) in [5.74, 6) is 1.43. The van der Waals surface area contributed by atoms with Crippen molar-refractivity contribution < 1.29 is 9.84 Å². The van der Waals surface area contributed by atoms with Crippen molar-refractivity contribution in [3.8, 4) is 0 Å². The van der Waals surface area contributed by atoms with Gasteiger partial charge in [0.05, 0.1) is 0 Å². The van der Waals surface area contributed by atoms with Crippen molar-refractivity contribution in [2.24, 2.45) is 7.05 Å². The molecule has 0 radical (unpaired) electrons. The summed E-state index contributed by atoms with van der Waals surface area (Å²) >= 11 is 1.38. The van der Waals surface area contributed by atoms with Gasteiger partial charge in [-0.3, -0.25) is 0 Å². The molecule has 7 nitrogen and oxygen atoms in total. The maximum Gasteiger partial charge on any atom is 0.205 e. The number of anilines is 1. The first-order valence-electron chi connectivity index (χ1n) is 7.70. The van der Waals surface area contributed by atoms with Gasteiger partial charge in [0.1, 0.15) is 17.0 Å². The molecule has 126 valence electrons. The van der Waals surface area contributed by atoms with Crippen molar-refractivity contribution in [2.75, 3.05) is 25.1 Å². The summed E-state index contributed by atoms with van der Waals surface area (Å²) in [6.07, 6.45) is 4.84. The van der Waals surface area contributed by atoms with Crippen molar-refractivity contribution in [1.29, 1.82) is 0 Å². The second-order valence-electron chi connectivity index (χ2n) is 6.50. The zero-order valence-corrected chi connectivity index (χ0v) is 14.8. The first-order chi connectivity index (χ1) is 10.9. The molecule has 0 amide bonds. The third kappa shape index (κ3) is 2.98. The van der Waals surface area contributed by atoms with Crippen LogP contribution in [0, 0.1) is 0 Å². The Hall–Kier alpha value is -1.51. The molecule has 0 saturated carbocycles. The summed E-state index contributed by atoms with van der Waals surface area (Å²) in [7, 11) is 3.57. The molecule has 3 heterocycles. The van der Waals surface area contributed by atoms with E-state index in [2.05, 4.69) is 19.2 Å². The monoisotopic (exact) mass is 337 g/mol. The van der Waals surface area contributed by atoms with E-state index in [9.17, 15) is 5.11 Å². The molecule has 2 aromatic heterocycles. The number of hydrogen-bond acceptors (Lipinski definition) is 7. The first kappa shape index (κ1) is 16.4. The van der Waals surface area contributed by atoms with Crippen LogP contribution >= 0.6 is 11.5 Å². The summed E-state index contributed by atoms with van der Waals surface area (Å²) < 4.78 is 11.7. The van der Waals surface area contributed by atoms with Gasteiger partial charge in [0.15, 0.2) is 5.82 Å². The van der Waals surface area contributed by atoms with E-state index in [1.54, 1.807) is 13.3 Å². The van der Waals surface area contributed by atoms with Crippen LogP contribution in [0.2, 0.25) is 0 Å². The van der Waals surface area contributed by atoms with E-state index in [-0.39, 0.29) is 0 Å². The van der Waals surface area contributed by atoms with Crippen LogP contribution < -0.4 is 4.90 Å². The Kier molecular flexibility index (Phi) is 4.16. The number of piperidine rings is 1. The number of aryl methyl sites for hydroxylation is 1. The number of nitrogens with zero attached hydrogens (tertiary/aromatic N) is 5. The molecule has 2 aromatic rings. The van der Waals surface area contributed by atoms with Gasteiger partial charge in [0.25, 0.3) is 0 Å². The minimum atomic E-state index is -0.867. The molecule has 0 spiro atoms. The number of hydrogen-bond donors (Lipinski definition) is 1. The lowest BCUT2D eigenvalue weighted by atomic mass is 9.90. The van der Waals surface area contributed by atoms with Crippen LogP contribution in [0.4, 0.5) is 5.13 Å². The van der Waals surface area contributed by atoms with Gasteiger partial charge in [0.2, 0.25) is 5.13 Å². The summed E-state index contributed by atoms with van der Waals surface area (Å²) in [4.78, 5) is 11.1. The number of imidazole rings is 1. The first-order valence-corrected chi connectivity index (χ1v) is 8.47. The molecular formula is C15H23N5O2S. The fourth-order valence-electron chi connectivity index (χ4n) is 2.79. The number of aromatic nitrogens is 4. The van der Waals surface area contributed by atoms with E-state index in [0.29, 0.717) is 18.7 Å². The van der Waals surface area contributed by atoms with Crippen molar-refractivity contribution in [1.82, 2.24) is 18.9 Å². The highest BCUT2D eigenvalue weighted by atomic mass is 32.1. The molecule has 0 bridgehead atoms. The minimum absolute atomic E-state index is 0.488. The quantitative estimate of drug-likeness (QED) is 0.914. The topological polar surface area (TPSA) is 76.3 Å². The molecule has 1 aliphatic rings. The van der Waals surface area contributed by atoms with E-state index in [4.69, 9.17) is 4.74 Å². The van der Waals surface area contributed by atoms with Crippen LogP contribution in [0.3, 0.4) is 0 Å². The minimum Gasteiger partial charge on any atom is -0.382 e. The van der Waals surface area contributed by atoms with E-state index < -0.39 is 11.2 Å². The van der Waals surface area contributed by atoms with Crippen molar-refractivity contribution in [3.05, 3.63) is 24.0 Å². The number of ether oxygens (including phenoxy) is 1. The molecule has 23 heavy (non-hydrogen) atoms. The predicted octanol–water partition coefficient (Wildman–Crippen LogP) is 1.64. The Morgan fingerprint density at radius 2 is 2.04 bits per heavy atom. The highest BCUT2D eigenvalue weighted by molar-refractivity contribution is 7.09. The molecular weight excluding hydrogens is 314 g/mol. The van der Waals surface area contributed by atoms with E-state index >= 15 is 0 Å². The highest BCUT2D eigenvalue weighted by Crippen LogP contribution is 2.34. The fourth-order valence-corrected chi connectivity index (χ4v) is 3.64. The van der Waals surface area contributed by atoms with Gasteiger partial charge >= 0.3 is 0 Å². The smallest absolute Gasteiger partial charge is 0.205 e. The van der Waals surface area contributed by atoms with Crippen LogP contribution in [0.25, 0.3) is 0 Å². The lowest BCUT2D eigenvalue weighted by Crippen LogP contribution is -2.44. The maximum atomic E-state index is 10.9. The Morgan fingerprint density at radius 1 is 1.35 bits per heavy atom. The molecule has 1 fully saturated rings. The second-order valence-corrected chi connectivity index (χ2v) is 7.23. The SMILES string of the molecule is COC(C)(C)c1nsc(N2CCC(O)(c3nccn3C)CC2)n1. The van der Waals surface area contributed by atoms with Gasteiger partial charge in [-0.25, -0.2) is 9.97 Å². The average molecular weight is 337 g/mol. The van der Waals surface area contributed by atoms with E-state index in [1.165, 1.54) is 11.5 Å².